The zero-order valence-corrected chi connectivity index (χ0v) is 24.1. The van der Waals surface area contributed by atoms with E-state index in [1.807, 2.05) is 39.8 Å². The first kappa shape index (κ1) is 23.7. The van der Waals surface area contributed by atoms with Crippen molar-refractivity contribution in [3.05, 3.63) is 67.6 Å². The summed E-state index contributed by atoms with van der Waals surface area (Å²) in [6.07, 6.45) is 0. The van der Waals surface area contributed by atoms with E-state index >= 15 is 0 Å². The van der Waals surface area contributed by atoms with Crippen molar-refractivity contribution in [2.24, 2.45) is 0 Å². The largest absolute Gasteiger partial charge is 0.272 e. The Kier molecular flexibility index (Phi) is 4.75. The molecular weight excluding hydrogens is 612 g/mol. The molecule has 5 aromatic carbocycles. The Morgan fingerprint density at radius 2 is 0.868 bits per heavy atom. The fraction of sp³-hybridized carbons (Fsp3) is 0.200. The van der Waals surface area contributed by atoms with Crippen molar-refractivity contribution in [1.29, 1.82) is 0 Å². The minimum atomic E-state index is -0.320. The van der Waals surface area contributed by atoms with E-state index in [1.165, 1.54) is 9.80 Å². The van der Waals surface area contributed by atoms with E-state index in [4.69, 9.17) is 0 Å². The molecule has 2 aliphatic heterocycles. The Morgan fingerprint density at radius 1 is 0.500 bits per heavy atom. The molecular formula is C30H20Br2N2O4. The molecule has 0 fully saturated rings. The number of imide groups is 2. The summed E-state index contributed by atoms with van der Waals surface area (Å²) in [4.78, 5) is 56.6. The van der Waals surface area contributed by atoms with E-state index < -0.39 is 0 Å². The number of benzene rings is 5. The molecule has 0 bridgehead atoms. The standard InChI is InChI=1S/C30H20Br2N2O4/c1-11(2)33-27(35)15-7-5-13-21-14(6-8-16(22(15)21)28(33)36)25-20(32)10-18-23-17(9-19(31)24(13)26(23)25)29(37)34(12(3)4)30(18)38/h5-12H,1-4H3. The van der Waals surface area contributed by atoms with Gasteiger partial charge in [0.15, 0.2) is 0 Å². The number of nitrogens with zero attached hydrogens (tertiary/aromatic N) is 2. The van der Waals surface area contributed by atoms with Gasteiger partial charge in [-0.05, 0) is 68.1 Å². The van der Waals surface area contributed by atoms with Crippen molar-refractivity contribution in [3.63, 3.8) is 0 Å². The van der Waals surface area contributed by atoms with Crippen molar-refractivity contribution in [3.8, 4) is 0 Å². The number of carbonyl (C=O) groups excluding carboxylic acids is 4. The smallest absolute Gasteiger partial charge is 0.261 e. The van der Waals surface area contributed by atoms with Gasteiger partial charge in [-0.25, -0.2) is 0 Å². The molecule has 2 aliphatic rings. The third-order valence-corrected chi connectivity index (χ3v) is 9.09. The molecule has 0 saturated carbocycles. The molecule has 0 unspecified atom stereocenters. The lowest BCUT2D eigenvalue weighted by molar-refractivity contribution is 0.0547. The molecule has 0 spiro atoms. The van der Waals surface area contributed by atoms with Crippen LogP contribution in [0.4, 0.5) is 0 Å². The van der Waals surface area contributed by atoms with Gasteiger partial charge in [-0.15, -0.1) is 0 Å². The van der Waals surface area contributed by atoms with Gasteiger partial charge in [-0.2, -0.15) is 0 Å². The molecule has 6 nitrogen and oxygen atoms in total. The lowest BCUT2D eigenvalue weighted by atomic mass is 9.82. The first-order valence-electron chi connectivity index (χ1n) is 12.4. The van der Waals surface area contributed by atoms with Crippen molar-refractivity contribution in [2.45, 2.75) is 39.8 Å². The van der Waals surface area contributed by atoms with Gasteiger partial charge in [-0.1, -0.05) is 44.0 Å². The Labute approximate surface area is 234 Å². The fourth-order valence-electron chi connectivity index (χ4n) is 6.34. The normalized spacial score (nSPS) is 15.7. The highest BCUT2D eigenvalue weighted by Crippen LogP contribution is 2.50. The summed E-state index contributed by atoms with van der Waals surface area (Å²) < 4.78 is 1.42. The van der Waals surface area contributed by atoms with Crippen LogP contribution in [0, 0.1) is 0 Å². The zero-order valence-electron chi connectivity index (χ0n) is 20.9. The number of hydrogen-bond donors (Lipinski definition) is 0. The van der Waals surface area contributed by atoms with Crippen LogP contribution in [0.15, 0.2) is 45.3 Å². The molecule has 188 valence electrons. The Bertz CT molecular complexity index is 1870. The molecule has 7 rings (SSSR count). The molecule has 5 aromatic rings. The van der Waals surface area contributed by atoms with Crippen LogP contribution >= 0.6 is 31.9 Å². The van der Waals surface area contributed by atoms with Crippen LogP contribution in [-0.2, 0) is 0 Å². The number of rotatable bonds is 2. The predicted molar refractivity (Wildman–Crippen MR) is 154 cm³/mol. The molecule has 0 aromatic heterocycles. The van der Waals surface area contributed by atoms with Crippen LogP contribution < -0.4 is 0 Å². The molecule has 0 atom stereocenters. The predicted octanol–water partition coefficient (Wildman–Crippen LogP) is 7.27. The van der Waals surface area contributed by atoms with Gasteiger partial charge in [0.1, 0.15) is 0 Å². The van der Waals surface area contributed by atoms with Gasteiger partial charge in [0.25, 0.3) is 23.6 Å². The van der Waals surface area contributed by atoms with Crippen LogP contribution in [0.25, 0.3) is 43.1 Å². The first-order valence-corrected chi connectivity index (χ1v) is 14.0. The topological polar surface area (TPSA) is 74.8 Å². The lowest BCUT2D eigenvalue weighted by Gasteiger charge is -2.33. The molecule has 0 saturated heterocycles. The average Bonchev–Trinajstić information content (AvgIpc) is 2.85. The van der Waals surface area contributed by atoms with Gasteiger partial charge < -0.3 is 0 Å². The summed E-state index contributed by atoms with van der Waals surface area (Å²) in [5, 5.41) is 6.26. The Hall–Kier alpha value is -3.36. The summed E-state index contributed by atoms with van der Waals surface area (Å²) >= 11 is 7.47. The van der Waals surface area contributed by atoms with E-state index in [0.29, 0.717) is 42.0 Å². The van der Waals surface area contributed by atoms with E-state index in [0.717, 1.165) is 32.3 Å². The van der Waals surface area contributed by atoms with E-state index in [-0.39, 0.29) is 35.7 Å². The monoisotopic (exact) mass is 630 g/mol. The van der Waals surface area contributed by atoms with Crippen LogP contribution in [0.2, 0.25) is 0 Å². The van der Waals surface area contributed by atoms with E-state index in [1.54, 1.807) is 24.3 Å². The third kappa shape index (κ3) is 2.67. The maximum atomic E-state index is 13.5. The van der Waals surface area contributed by atoms with Crippen LogP contribution in [0.5, 0.6) is 0 Å². The highest BCUT2D eigenvalue weighted by Gasteiger charge is 2.39. The Balaban J connectivity index is 1.72. The lowest BCUT2D eigenvalue weighted by Crippen LogP contribution is -2.44. The highest BCUT2D eigenvalue weighted by atomic mass is 79.9. The number of hydrogen-bond acceptors (Lipinski definition) is 4. The van der Waals surface area contributed by atoms with Gasteiger partial charge >= 0.3 is 0 Å². The maximum Gasteiger partial charge on any atom is 0.261 e. The minimum Gasteiger partial charge on any atom is -0.272 e. The van der Waals surface area contributed by atoms with Crippen molar-refractivity contribution in [1.82, 2.24) is 9.80 Å². The molecule has 38 heavy (non-hydrogen) atoms. The second-order valence-corrected chi connectivity index (χ2v) is 12.2. The van der Waals surface area contributed by atoms with Crippen LogP contribution in [0.3, 0.4) is 0 Å². The third-order valence-electron chi connectivity index (χ3n) is 7.84. The summed E-state index contributed by atoms with van der Waals surface area (Å²) in [6, 6.07) is 10.4. The van der Waals surface area contributed by atoms with Gasteiger partial charge in [0.2, 0.25) is 0 Å². The molecule has 4 amide bonds. The number of carbonyl (C=O) groups is 4. The Morgan fingerprint density at radius 3 is 1.26 bits per heavy atom. The summed E-state index contributed by atoms with van der Waals surface area (Å²) in [5.74, 6) is -1.25. The molecule has 8 heteroatoms. The maximum absolute atomic E-state index is 13.5. The highest BCUT2D eigenvalue weighted by molar-refractivity contribution is 9.11. The molecule has 0 aliphatic carbocycles. The summed E-state index contributed by atoms with van der Waals surface area (Å²) in [6.45, 7) is 7.31. The number of fused-ring (bicyclic) bond motifs is 2. The van der Waals surface area contributed by atoms with Crippen LogP contribution in [0.1, 0.15) is 69.1 Å². The minimum absolute atomic E-state index is 0.272. The van der Waals surface area contributed by atoms with Crippen molar-refractivity contribution >= 4 is 98.6 Å². The van der Waals surface area contributed by atoms with Crippen molar-refractivity contribution in [2.75, 3.05) is 0 Å². The second kappa shape index (κ2) is 7.61. The van der Waals surface area contributed by atoms with E-state index in [9.17, 15) is 19.2 Å². The quantitative estimate of drug-likeness (QED) is 0.117. The first-order chi connectivity index (χ1) is 18.0. The van der Waals surface area contributed by atoms with E-state index in [2.05, 4.69) is 31.9 Å². The van der Waals surface area contributed by atoms with Crippen LogP contribution in [-0.4, -0.2) is 45.5 Å². The van der Waals surface area contributed by atoms with Gasteiger partial charge in [0, 0.05) is 70.2 Å². The number of amides is 4. The van der Waals surface area contributed by atoms with Gasteiger partial charge in [-0.3, -0.25) is 29.0 Å². The SMILES string of the molecule is CC(C)N1C(=O)c2ccc3c4c(Br)cc5c6c(cc(Br)c(c7ccc(c2c37)C1=O)c64)C(=O)N(C(C)C)C5=O. The molecule has 0 N–H and O–H groups in total. The average molecular weight is 632 g/mol. The molecule has 0 radical (unpaired) electrons. The number of halogens is 2. The summed E-state index contributed by atoms with van der Waals surface area (Å²) in [7, 11) is 0. The zero-order chi connectivity index (χ0) is 26.9. The van der Waals surface area contributed by atoms with Crippen molar-refractivity contribution < 1.29 is 19.2 Å². The summed E-state index contributed by atoms with van der Waals surface area (Å²) in [5.41, 5.74) is 1.93. The fourth-order valence-corrected chi connectivity index (χ4v) is 7.63. The second-order valence-electron chi connectivity index (χ2n) is 10.5. The molecule has 2 heterocycles. The van der Waals surface area contributed by atoms with Gasteiger partial charge in [0.05, 0.1) is 0 Å².